The van der Waals surface area contributed by atoms with Crippen LogP contribution < -0.4 is 14.4 Å². The molecule has 12 heteroatoms. The van der Waals surface area contributed by atoms with E-state index in [1.807, 2.05) is 30.3 Å². The molecule has 10 rings (SSSR count). The van der Waals surface area contributed by atoms with E-state index in [-0.39, 0.29) is 11.7 Å². The largest absolute Gasteiger partial charge is 0.494 e. The lowest BCUT2D eigenvalue weighted by molar-refractivity contribution is -0.0204. The van der Waals surface area contributed by atoms with Crippen LogP contribution in [-0.2, 0) is 13.1 Å². The smallest absolute Gasteiger partial charge is 0.254 e. The number of rotatable bonds is 9. The summed E-state index contributed by atoms with van der Waals surface area (Å²) in [7, 11) is 3.33. The van der Waals surface area contributed by atoms with Crippen molar-refractivity contribution < 1.29 is 14.3 Å². The number of anilines is 1. The number of benzene rings is 1. The van der Waals surface area contributed by atoms with Crippen LogP contribution >= 0.6 is 0 Å². The second-order valence-electron chi connectivity index (χ2n) is 14.7. The maximum atomic E-state index is 14.1. The molecule has 4 atom stereocenters. The minimum atomic E-state index is 0.0875. The lowest BCUT2D eigenvalue weighted by atomic mass is 9.53. The number of fused-ring (bicyclic) bond motifs is 2. The molecule has 0 radical (unpaired) electrons. The zero-order chi connectivity index (χ0) is 33.0. The predicted molar refractivity (Wildman–Crippen MR) is 181 cm³/mol. The molecule has 3 unspecified atom stereocenters. The standard InChI is InChI=1S/C37H37N9O3/c1-48-29-13-24(37(47)45-19-25-9-23-12-27(45)33(23)25)10-26-34(29)46(18-21-15-43(16-21)31-7-8-39-30(14-38)41-31)36(40-26)28-11-22-5-6-32(49-2)42-35(22)44(28)17-20-3-4-20/h5-8,10-11,13,20-21,23,25,27,33H,3-4,9,12,15-19H2,1-2H3/t23?,25?,27?,33-/m1/s1. The van der Waals surface area contributed by atoms with Gasteiger partial charge in [0.1, 0.15) is 28.8 Å². The molecule has 5 aliphatic rings. The number of pyridine rings is 1. The summed E-state index contributed by atoms with van der Waals surface area (Å²) in [5.74, 6) is 6.20. The predicted octanol–water partition coefficient (Wildman–Crippen LogP) is 4.76. The zero-order valence-corrected chi connectivity index (χ0v) is 27.6. The van der Waals surface area contributed by atoms with Crippen molar-refractivity contribution >= 4 is 33.8 Å². The van der Waals surface area contributed by atoms with Crippen LogP contribution in [0.2, 0.25) is 0 Å². The van der Waals surface area contributed by atoms with Crippen LogP contribution in [0.4, 0.5) is 5.82 Å². The first-order valence-corrected chi connectivity index (χ1v) is 17.4. The van der Waals surface area contributed by atoms with Crippen LogP contribution in [0.15, 0.2) is 42.6 Å². The van der Waals surface area contributed by atoms with Crippen LogP contribution in [0.5, 0.6) is 11.6 Å². The Morgan fingerprint density at radius 1 is 0.939 bits per heavy atom. The molecule has 12 nitrogen and oxygen atoms in total. The maximum Gasteiger partial charge on any atom is 0.254 e. The molecule has 5 aromatic rings. The quantitative estimate of drug-likeness (QED) is 0.221. The average Bonchev–Trinajstić information content (AvgIpc) is 3.75. The van der Waals surface area contributed by atoms with Gasteiger partial charge in [0.25, 0.3) is 5.91 Å². The molecule has 4 aromatic heterocycles. The Labute approximate surface area is 283 Å². The van der Waals surface area contributed by atoms with Crippen LogP contribution in [0.25, 0.3) is 33.6 Å². The molecule has 0 N–H and O–H groups in total. The molecule has 248 valence electrons. The molecule has 0 spiro atoms. The molecule has 3 saturated carbocycles. The number of imidazole rings is 1. The zero-order valence-electron chi connectivity index (χ0n) is 27.6. The fourth-order valence-electron chi connectivity index (χ4n) is 9.11. The van der Waals surface area contributed by atoms with Crippen LogP contribution in [0, 0.1) is 40.9 Å². The second-order valence-corrected chi connectivity index (χ2v) is 14.7. The van der Waals surface area contributed by atoms with Gasteiger partial charge < -0.3 is 28.4 Å². The first kappa shape index (κ1) is 28.8. The van der Waals surface area contributed by atoms with E-state index >= 15 is 0 Å². The Morgan fingerprint density at radius 2 is 1.80 bits per heavy atom. The molecule has 5 fully saturated rings. The lowest BCUT2D eigenvalue weighted by Crippen LogP contribution is -2.53. The summed E-state index contributed by atoms with van der Waals surface area (Å²) in [5.41, 5.74) is 4.17. The number of nitrogens with zero attached hydrogens (tertiary/aromatic N) is 9. The monoisotopic (exact) mass is 655 g/mol. The molecule has 2 aliphatic heterocycles. The molecule has 1 aromatic carbocycles. The molecule has 3 aliphatic carbocycles. The summed E-state index contributed by atoms with van der Waals surface area (Å²) in [5, 5.41) is 10.3. The van der Waals surface area contributed by atoms with E-state index in [2.05, 4.69) is 41.0 Å². The Bertz CT molecular complexity index is 2210. The highest BCUT2D eigenvalue weighted by atomic mass is 16.5. The van der Waals surface area contributed by atoms with Crippen LogP contribution in [0.3, 0.4) is 0 Å². The van der Waals surface area contributed by atoms with E-state index in [0.29, 0.717) is 53.5 Å². The molecule has 1 amide bonds. The number of amides is 1. The first-order valence-electron chi connectivity index (χ1n) is 17.4. The molecule has 6 heterocycles. The van der Waals surface area contributed by atoms with Gasteiger partial charge in [-0.1, -0.05) is 0 Å². The Morgan fingerprint density at radius 3 is 2.55 bits per heavy atom. The summed E-state index contributed by atoms with van der Waals surface area (Å²) in [6, 6.07) is 14.3. The number of aromatic nitrogens is 6. The van der Waals surface area contributed by atoms with E-state index in [1.165, 1.54) is 19.3 Å². The van der Waals surface area contributed by atoms with Gasteiger partial charge in [-0.2, -0.15) is 10.2 Å². The third kappa shape index (κ3) is 4.44. The number of nitriles is 1. The highest BCUT2D eigenvalue weighted by molar-refractivity contribution is 6.00. The number of hydrogen-bond acceptors (Lipinski definition) is 9. The number of ether oxygens (including phenoxy) is 2. The number of likely N-dealkylation sites (tertiary alicyclic amines) is 1. The van der Waals surface area contributed by atoms with Gasteiger partial charge in [0, 0.05) is 67.9 Å². The molecule has 2 saturated heterocycles. The van der Waals surface area contributed by atoms with Crippen LogP contribution in [0.1, 0.15) is 41.9 Å². The van der Waals surface area contributed by atoms with Crippen molar-refractivity contribution in [3.63, 3.8) is 0 Å². The van der Waals surface area contributed by atoms with Crippen molar-refractivity contribution in [1.82, 2.24) is 34.0 Å². The summed E-state index contributed by atoms with van der Waals surface area (Å²) in [4.78, 5) is 37.0. The Balaban J connectivity index is 1.07. The molecular weight excluding hydrogens is 618 g/mol. The van der Waals surface area contributed by atoms with E-state index in [4.69, 9.17) is 19.4 Å². The summed E-state index contributed by atoms with van der Waals surface area (Å²) in [6.07, 6.45) is 6.45. The van der Waals surface area contributed by atoms with E-state index in [9.17, 15) is 10.1 Å². The maximum absolute atomic E-state index is 14.1. The van der Waals surface area contributed by atoms with Crippen molar-refractivity contribution in [3.8, 4) is 29.2 Å². The summed E-state index contributed by atoms with van der Waals surface area (Å²) >= 11 is 0. The molecule has 0 bridgehead atoms. The number of carbonyl (C=O) groups excluding carboxylic acids is 1. The minimum absolute atomic E-state index is 0.0875. The van der Waals surface area contributed by atoms with Gasteiger partial charge >= 0.3 is 0 Å². The van der Waals surface area contributed by atoms with Gasteiger partial charge in [-0.05, 0) is 79.7 Å². The van der Waals surface area contributed by atoms with E-state index < -0.39 is 0 Å². The fraction of sp³-hybridized carbons (Fsp3) is 0.459. The van der Waals surface area contributed by atoms with Gasteiger partial charge in [0.15, 0.2) is 5.82 Å². The van der Waals surface area contributed by atoms with Gasteiger partial charge in [0.05, 0.1) is 25.4 Å². The van der Waals surface area contributed by atoms with Crippen molar-refractivity contribution in [2.75, 3.05) is 38.8 Å². The number of hydrogen-bond donors (Lipinski definition) is 0. The third-order valence-corrected chi connectivity index (χ3v) is 11.8. The normalized spacial score (nSPS) is 23.9. The van der Waals surface area contributed by atoms with Gasteiger partial charge in [-0.15, -0.1) is 0 Å². The topological polar surface area (TPSA) is 127 Å². The van der Waals surface area contributed by atoms with Crippen molar-refractivity contribution in [2.45, 2.75) is 44.8 Å². The Kier molecular flexibility index (Phi) is 6.26. The SMILES string of the molecule is COc1ccc2cc(-c3nc4cc(C(=O)N5CC6CC7CC5[C@H]76)cc(OC)c4n3CC3CN(c4ccnc(C#N)n4)C3)n(CC3CC3)c2n1. The minimum Gasteiger partial charge on any atom is -0.494 e. The molecular formula is C37H37N9O3. The fourth-order valence-corrected chi connectivity index (χ4v) is 9.11. The highest BCUT2D eigenvalue weighted by Gasteiger charge is 2.61. The average molecular weight is 656 g/mol. The lowest BCUT2D eigenvalue weighted by Gasteiger charge is -2.52. The van der Waals surface area contributed by atoms with Crippen molar-refractivity contribution in [1.29, 1.82) is 5.26 Å². The molecule has 49 heavy (non-hydrogen) atoms. The van der Waals surface area contributed by atoms with E-state index in [0.717, 1.165) is 77.9 Å². The number of methoxy groups -OCH3 is 2. The second kappa shape index (κ2) is 10.7. The van der Waals surface area contributed by atoms with Gasteiger partial charge in [-0.25, -0.2) is 15.0 Å². The van der Waals surface area contributed by atoms with Gasteiger partial charge in [-0.3, -0.25) is 4.79 Å². The number of carbonyl (C=O) groups is 1. The highest BCUT2D eigenvalue weighted by Crippen LogP contribution is 2.60. The van der Waals surface area contributed by atoms with Crippen LogP contribution in [-0.4, -0.2) is 79.8 Å². The van der Waals surface area contributed by atoms with Gasteiger partial charge in [0.2, 0.25) is 11.7 Å². The third-order valence-electron chi connectivity index (χ3n) is 11.8. The van der Waals surface area contributed by atoms with Crippen molar-refractivity contribution in [3.05, 3.63) is 54.0 Å². The summed E-state index contributed by atoms with van der Waals surface area (Å²) in [6.45, 7) is 3.98. The summed E-state index contributed by atoms with van der Waals surface area (Å²) < 4.78 is 16.2. The van der Waals surface area contributed by atoms with E-state index in [1.54, 1.807) is 20.4 Å². The Hall–Kier alpha value is -5.18. The first-order chi connectivity index (χ1) is 24.0. The van der Waals surface area contributed by atoms with Crippen molar-refractivity contribution in [2.24, 2.45) is 29.6 Å².